The van der Waals surface area contributed by atoms with Gasteiger partial charge in [-0.3, -0.25) is 4.79 Å². The number of nitrogens with zero attached hydrogens (tertiary/aromatic N) is 2. The van der Waals surface area contributed by atoms with E-state index in [1.165, 1.54) is 17.8 Å². The fourth-order valence-corrected chi connectivity index (χ4v) is 3.97. The van der Waals surface area contributed by atoms with Gasteiger partial charge in [-0.25, -0.2) is 9.97 Å². The van der Waals surface area contributed by atoms with E-state index in [-0.39, 0.29) is 17.8 Å². The van der Waals surface area contributed by atoms with Crippen molar-refractivity contribution in [1.29, 1.82) is 0 Å². The lowest BCUT2D eigenvalue weighted by molar-refractivity contribution is -0.137. The maximum absolute atomic E-state index is 12.7. The van der Waals surface area contributed by atoms with Gasteiger partial charge in [0.25, 0.3) is 5.91 Å². The van der Waals surface area contributed by atoms with E-state index in [1.807, 2.05) is 19.1 Å². The second kappa shape index (κ2) is 10.2. The van der Waals surface area contributed by atoms with Crippen LogP contribution in [0.3, 0.4) is 0 Å². The van der Waals surface area contributed by atoms with Crippen LogP contribution in [0.15, 0.2) is 60.4 Å². The van der Waals surface area contributed by atoms with Crippen LogP contribution >= 0.6 is 0 Å². The Balaban J connectivity index is 1.37. The number of ether oxygens (including phenoxy) is 1. The molecule has 2 heterocycles. The summed E-state index contributed by atoms with van der Waals surface area (Å²) in [6.45, 7) is 1.92. The van der Waals surface area contributed by atoms with Gasteiger partial charge in [-0.05, 0) is 74.1 Å². The summed E-state index contributed by atoms with van der Waals surface area (Å²) in [5.41, 5.74) is 8.39. The van der Waals surface area contributed by atoms with Crippen LogP contribution in [0.2, 0.25) is 0 Å². The molecule has 3 aromatic rings. The molecule has 35 heavy (non-hydrogen) atoms. The predicted molar refractivity (Wildman–Crippen MR) is 127 cm³/mol. The van der Waals surface area contributed by atoms with Crippen LogP contribution in [0.5, 0.6) is 11.6 Å². The van der Waals surface area contributed by atoms with Crippen molar-refractivity contribution < 1.29 is 22.7 Å². The highest BCUT2D eigenvalue weighted by atomic mass is 19.4. The number of carbonyl (C=O) groups excluding carboxylic acids is 1. The SMILES string of the molecule is Cc1cc(C=C2CCC(NC(=O)c3ccc(N)nc3)CC2)cc(Oc2ccc(C(F)(F)F)cn2)c1. The number of rotatable bonds is 5. The number of aryl methyl sites for hydroxylation is 1. The molecule has 1 aliphatic rings. The average Bonchev–Trinajstić information content (AvgIpc) is 2.80. The third-order valence-electron chi connectivity index (χ3n) is 5.74. The number of benzene rings is 1. The predicted octanol–water partition coefficient (Wildman–Crippen LogP) is 5.93. The second-order valence-electron chi connectivity index (χ2n) is 8.59. The molecule has 0 atom stereocenters. The Hall–Kier alpha value is -3.88. The van der Waals surface area contributed by atoms with Gasteiger partial charge >= 0.3 is 6.18 Å². The average molecular weight is 483 g/mol. The number of nitrogens with two attached hydrogens (primary N) is 1. The minimum Gasteiger partial charge on any atom is -0.439 e. The molecule has 1 amide bonds. The van der Waals surface area contributed by atoms with Crippen molar-refractivity contribution in [2.24, 2.45) is 0 Å². The number of hydrogen-bond donors (Lipinski definition) is 2. The first-order chi connectivity index (χ1) is 16.7. The Kier molecular flexibility index (Phi) is 7.04. The van der Waals surface area contributed by atoms with Crippen molar-refractivity contribution >= 4 is 17.8 Å². The van der Waals surface area contributed by atoms with Gasteiger partial charge in [0.2, 0.25) is 5.88 Å². The van der Waals surface area contributed by atoms with Gasteiger partial charge in [0.1, 0.15) is 11.6 Å². The molecule has 1 aromatic carbocycles. The number of anilines is 1. The number of halogens is 3. The summed E-state index contributed by atoms with van der Waals surface area (Å²) in [5.74, 6) is 0.804. The first-order valence-corrected chi connectivity index (χ1v) is 11.2. The van der Waals surface area contributed by atoms with E-state index in [0.29, 0.717) is 17.1 Å². The summed E-state index contributed by atoms with van der Waals surface area (Å²) >= 11 is 0. The maximum atomic E-state index is 12.7. The van der Waals surface area contributed by atoms with Gasteiger partial charge in [-0.2, -0.15) is 13.2 Å². The lowest BCUT2D eigenvalue weighted by atomic mass is 9.89. The van der Waals surface area contributed by atoms with Crippen molar-refractivity contribution in [2.45, 2.75) is 44.8 Å². The summed E-state index contributed by atoms with van der Waals surface area (Å²) in [4.78, 5) is 20.1. The zero-order valence-electron chi connectivity index (χ0n) is 19.1. The first kappa shape index (κ1) is 24.3. The summed E-state index contributed by atoms with van der Waals surface area (Å²) in [7, 11) is 0. The van der Waals surface area contributed by atoms with E-state index in [1.54, 1.807) is 18.2 Å². The van der Waals surface area contributed by atoms with Gasteiger partial charge in [0.05, 0.1) is 11.1 Å². The fraction of sp³-hybridized carbons (Fsp3) is 0.269. The van der Waals surface area contributed by atoms with Gasteiger partial charge < -0.3 is 15.8 Å². The third-order valence-corrected chi connectivity index (χ3v) is 5.74. The molecule has 0 unspecified atom stereocenters. The summed E-state index contributed by atoms with van der Waals surface area (Å²) < 4.78 is 43.9. The van der Waals surface area contributed by atoms with E-state index in [9.17, 15) is 18.0 Å². The zero-order valence-corrected chi connectivity index (χ0v) is 19.1. The third kappa shape index (κ3) is 6.59. The van der Waals surface area contributed by atoms with E-state index < -0.39 is 11.7 Å². The Labute approximate surface area is 201 Å². The Morgan fingerprint density at radius 2 is 1.86 bits per heavy atom. The van der Waals surface area contributed by atoms with Crippen molar-refractivity contribution in [2.75, 3.05) is 5.73 Å². The van der Waals surface area contributed by atoms with E-state index in [4.69, 9.17) is 10.5 Å². The minimum absolute atomic E-state index is 0.0827. The highest BCUT2D eigenvalue weighted by Gasteiger charge is 2.30. The van der Waals surface area contributed by atoms with Crippen molar-refractivity contribution in [1.82, 2.24) is 15.3 Å². The second-order valence-corrected chi connectivity index (χ2v) is 8.59. The van der Waals surface area contributed by atoms with Crippen molar-refractivity contribution in [3.63, 3.8) is 0 Å². The Morgan fingerprint density at radius 3 is 2.49 bits per heavy atom. The molecule has 2 aromatic heterocycles. The molecule has 182 valence electrons. The number of allylic oxidation sites excluding steroid dienone is 1. The summed E-state index contributed by atoms with van der Waals surface area (Å²) in [5, 5.41) is 3.05. The van der Waals surface area contributed by atoms with Crippen LogP contribution < -0.4 is 15.8 Å². The molecule has 3 N–H and O–H groups in total. The maximum Gasteiger partial charge on any atom is 0.417 e. The van der Waals surface area contributed by atoms with Crippen LogP contribution in [-0.2, 0) is 6.18 Å². The first-order valence-electron chi connectivity index (χ1n) is 11.2. The normalized spacial score (nSPS) is 16.0. The molecule has 1 saturated carbocycles. The van der Waals surface area contributed by atoms with Crippen molar-refractivity contribution in [3.05, 3.63) is 82.7 Å². The van der Waals surface area contributed by atoms with Crippen LogP contribution in [0.1, 0.15) is 52.7 Å². The number of nitrogen functional groups attached to an aromatic ring is 1. The van der Waals surface area contributed by atoms with Crippen LogP contribution in [0.25, 0.3) is 6.08 Å². The number of aromatic nitrogens is 2. The summed E-state index contributed by atoms with van der Waals surface area (Å²) in [6, 6.07) is 11.2. The molecule has 0 aliphatic heterocycles. The quantitative estimate of drug-likeness (QED) is 0.470. The number of nitrogens with one attached hydrogen (secondary N) is 1. The Bertz CT molecular complexity index is 1210. The molecule has 0 radical (unpaired) electrons. The molecule has 4 rings (SSSR count). The van der Waals surface area contributed by atoms with Gasteiger partial charge in [-0.1, -0.05) is 17.7 Å². The largest absolute Gasteiger partial charge is 0.439 e. The number of hydrogen-bond acceptors (Lipinski definition) is 5. The van der Waals surface area contributed by atoms with Crippen LogP contribution in [0.4, 0.5) is 19.0 Å². The topological polar surface area (TPSA) is 90.1 Å². The molecular weight excluding hydrogens is 457 g/mol. The van der Waals surface area contributed by atoms with E-state index in [0.717, 1.165) is 49.1 Å². The molecule has 6 nitrogen and oxygen atoms in total. The zero-order chi connectivity index (χ0) is 25.0. The standard InChI is InChI=1S/C26H25F3N4O2/c1-16-10-18(13-22(11-16)35-24-9-5-20(15-32-24)26(27,28)29)12-17-2-6-21(7-3-17)33-25(34)19-4-8-23(30)31-14-19/h4-5,8-15,21H,2-3,6-7H2,1H3,(H2,30,31)(H,33,34). The monoisotopic (exact) mass is 482 g/mol. The van der Waals surface area contributed by atoms with Crippen LogP contribution in [0, 0.1) is 6.92 Å². The van der Waals surface area contributed by atoms with E-state index >= 15 is 0 Å². The smallest absolute Gasteiger partial charge is 0.417 e. The molecule has 1 fully saturated rings. The lowest BCUT2D eigenvalue weighted by Gasteiger charge is -2.25. The highest BCUT2D eigenvalue weighted by molar-refractivity contribution is 5.94. The molecule has 0 spiro atoms. The highest BCUT2D eigenvalue weighted by Crippen LogP contribution is 2.31. The molecular formula is C26H25F3N4O2. The number of carbonyl (C=O) groups is 1. The molecule has 0 bridgehead atoms. The Morgan fingerprint density at radius 1 is 1.09 bits per heavy atom. The summed E-state index contributed by atoms with van der Waals surface area (Å²) in [6.07, 6.45) is 3.22. The van der Waals surface area contributed by atoms with Crippen LogP contribution in [-0.4, -0.2) is 21.9 Å². The lowest BCUT2D eigenvalue weighted by Crippen LogP contribution is -2.36. The number of alkyl halides is 3. The van der Waals surface area contributed by atoms with Gasteiger partial charge in [0, 0.05) is 24.5 Å². The van der Waals surface area contributed by atoms with E-state index in [2.05, 4.69) is 21.4 Å². The van der Waals surface area contributed by atoms with Gasteiger partial charge in [-0.15, -0.1) is 0 Å². The molecule has 0 saturated heterocycles. The number of pyridine rings is 2. The van der Waals surface area contributed by atoms with Gasteiger partial charge in [0.15, 0.2) is 0 Å². The fourth-order valence-electron chi connectivity index (χ4n) is 3.97. The minimum atomic E-state index is -4.44. The number of amides is 1. The molecule has 1 aliphatic carbocycles. The van der Waals surface area contributed by atoms with Crippen molar-refractivity contribution in [3.8, 4) is 11.6 Å². The molecule has 9 heteroatoms.